The molecule has 5 rings (SSSR count). The molecule has 0 radical (unpaired) electrons. The molecule has 0 unspecified atom stereocenters. The zero-order valence-corrected chi connectivity index (χ0v) is 18.2. The molecule has 8 nitrogen and oxygen atoms in total. The summed E-state index contributed by atoms with van der Waals surface area (Å²) in [6.07, 6.45) is 2.59. The smallest absolute Gasteiger partial charge is 0.226 e. The van der Waals surface area contributed by atoms with Gasteiger partial charge in [-0.05, 0) is 41.5 Å². The molecular formula is C22H22N4O4S. The fourth-order valence-electron chi connectivity index (χ4n) is 4.43. The molecule has 1 aliphatic heterocycles. The Bertz CT molecular complexity index is 1140. The predicted molar refractivity (Wildman–Crippen MR) is 116 cm³/mol. The second-order valence-electron chi connectivity index (χ2n) is 7.45. The first-order valence-corrected chi connectivity index (χ1v) is 10.8. The summed E-state index contributed by atoms with van der Waals surface area (Å²) in [4.78, 5) is 18.9. The van der Waals surface area contributed by atoms with E-state index in [1.54, 1.807) is 37.3 Å². The highest BCUT2D eigenvalue weighted by molar-refractivity contribution is 7.10. The Balaban J connectivity index is 1.56. The maximum atomic E-state index is 13.4. The number of nitrogens with one attached hydrogen (secondary N) is 1. The molecule has 3 aromatic rings. The second-order valence-corrected chi connectivity index (χ2v) is 8.43. The number of anilines is 1. The Kier molecular flexibility index (Phi) is 4.90. The standard InChI is InChI=1S/C22H22N4O4S/c1-28-16-9-13(10-17(29-2)21(16)30-3)12-7-14-19(15(27)8-12)20(18-5-4-6-31-18)26-22(25-14)23-11-24-26/h4-6,9-12,20H,7-8H2,1-3H3,(H,23,24,25)/t12-,20-/m1/s1. The number of thiophene rings is 1. The summed E-state index contributed by atoms with van der Waals surface area (Å²) < 4.78 is 18.2. The van der Waals surface area contributed by atoms with Gasteiger partial charge in [-0.3, -0.25) is 4.79 Å². The molecule has 2 aromatic heterocycles. The van der Waals surface area contributed by atoms with Gasteiger partial charge < -0.3 is 19.5 Å². The molecule has 2 atom stereocenters. The minimum atomic E-state index is -0.248. The zero-order chi connectivity index (χ0) is 21.5. The van der Waals surface area contributed by atoms with Crippen molar-refractivity contribution in [1.82, 2.24) is 14.8 Å². The van der Waals surface area contributed by atoms with Crippen molar-refractivity contribution in [3.8, 4) is 17.2 Å². The lowest BCUT2D eigenvalue weighted by Crippen LogP contribution is -2.33. The van der Waals surface area contributed by atoms with E-state index in [1.807, 2.05) is 29.6 Å². The largest absolute Gasteiger partial charge is 0.493 e. The third-order valence-corrected chi connectivity index (χ3v) is 6.76. The van der Waals surface area contributed by atoms with Crippen molar-refractivity contribution in [3.63, 3.8) is 0 Å². The molecule has 1 N–H and O–H groups in total. The summed E-state index contributed by atoms with van der Waals surface area (Å²) in [7, 11) is 4.76. The topological polar surface area (TPSA) is 87.5 Å². The Morgan fingerprint density at radius 2 is 1.90 bits per heavy atom. The average molecular weight is 439 g/mol. The number of ketones is 1. The quantitative estimate of drug-likeness (QED) is 0.649. The predicted octanol–water partition coefficient (Wildman–Crippen LogP) is 3.78. The normalized spacial score (nSPS) is 20.0. The lowest BCUT2D eigenvalue weighted by atomic mass is 9.78. The first-order chi connectivity index (χ1) is 15.1. The lowest BCUT2D eigenvalue weighted by Gasteiger charge is -2.34. The molecule has 31 heavy (non-hydrogen) atoms. The number of carbonyl (C=O) groups is 1. The number of hydrogen-bond donors (Lipinski definition) is 1. The van der Waals surface area contributed by atoms with Crippen molar-refractivity contribution < 1.29 is 19.0 Å². The first-order valence-electron chi connectivity index (χ1n) is 9.90. The molecular weight excluding hydrogens is 416 g/mol. The van der Waals surface area contributed by atoms with E-state index in [4.69, 9.17) is 14.2 Å². The van der Waals surface area contributed by atoms with Gasteiger partial charge in [-0.2, -0.15) is 10.1 Å². The van der Waals surface area contributed by atoms with E-state index in [9.17, 15) is 4.79 Å². The third-order valence-electron chi connectivity index (χ3n) is 5.83. The molecule has 0 amide bonds. The van der Waals surface area contributed by atoms with Crippen LogP contribution in [0.25, 0.3) is 0 Å². The summed E-state index contributed by atoms with van der Waals surface area (Å²) in [5.74, 6) is 2.43. The summed E-state index contributed by atoms with van der Waals surface area (Å²) in [6, 6.07) is 7.63. The second kappa shape index (κ2) is 7.73. The minimum Gasteiger partial charge on any atom is -0.493 e. The van der Waals surface area contributed by atoms with Crippen LogP contribution in [-0.4, -0.2) is 41.9 Å². The summed E-state index contributed by atoms with van der Waals surface area (Å²) in [5, 5.41) is 9.74. The van der Waals surface area contributed by atoms with Crippen molar-refractivity contribution in [2.45, 2.75) is 24.8 Å². The molecule has 0 saturated carbocycles. The summed E-state index contributed by atoms with van der Waals surface area (Å²) in [6.45, 7) is 0. The lowest BCUT2D eigenvalue weighted by molar-refractivity contribution is -0.116. The Labute approximate surface area is 183 Å². The highest BCUT2D eigenvalue weighted by atomic mass is 32.1. The van der Waals surface area contributed by atoms with Gasteiger partial charge in [0.2, 0.25) is 11.7 Å². The van der Waals surface area contributed by atoms with Crippen LogP contribution in [0.1, 0.15) is 35.2 Å². The molecule has 9 heteroatoms. The number of nitrogens with zero attached hydrogens (tertiary/aromatic N) is 3. The van der Waals surface area contributed by atoms with Crippen LogP contribution in [0.3, 0.4) is 0 Å². The van der Waals surface area contributed by atoms with Gasteiger partial charge in [0.1, 0.15) is 12.4 Å². The van der Waals surface area contributed by atoms with Gasteiger partial charge in [-0.25, -0.2) is 4.68 Å². The average Bonchev–Trinajstić information content (AvgIpc) is 3.48. The van der Waals surface area contributed by atoms with Gasteiger partial charge in [-0.15, -0.1) is 11.3 Å². The zero-order valence-electron chi connectivity index (χ0n) is 17.4. The van der Waals surface area contributed by atoms with E-state index in [2.05, 4.69) is 15.4 Å². The number of ether oxygens (including phenoxy) is 3. The van der Waals surface area contributed by atoms with Gasteiger partial charge in [0.25, 0.3) is 0 Å². The highest BCUT2D eigenvalue weighted by Gasteiger charge is 2.40. The molecule has 0 bridgehead atoms. The van der Waals surface area contributed by atoms with Crippen LogP contribution in [0.15, 0.2) is 47.2 Å². The van der Waals surface area contributed by atoms with Gasteiger partial charge in [-0.1, -0.05) is 6.07 Å². The fourth-order valence-corrected chi connectivity index (χ4v) is 5.25. The molecule has 0 saturated heterocycles. The highest BCUT2D eigenvalue weighted by Crippen LogP contribution is 2.47. The van der Waals surface area contributed by atoms with Crippen LogP contribution in [0.2, 0.25) is 0 Å². The Morgan fingerprint density at radius 3 is 2.55 bits per heavy atom. The maximum absolute atomic E-state index is 13.4. The van der Waals surface area contributed by atoms with Gasteiger partial charge in [0, 0.05) is 22.6 Å². The van der Waals surface area contributed by atoms with Crippen LogP contribution in [0, 0.1) is 0 Å². The molecule has 2 aliphatic rings. The number of allylic oxidation sites excluding steroid dienone is 2. The fraction of sp³-hybridized carbons (Fsp3) is 0.318. The first kappa shape index (κ1) is 19.6. The van der Waals surface area contributed by atoms with Crippen molar-refractivity contribution in [3.05, 3.63) is 57.7 Å². The van der Waals surface area contributed by atoms with Gasteiger partial charge in [0.05, 0.1) is 21.3 Å². The van der Waals surface area contributed by atoms with E-state index in [1.165, 1.54) is 6.33 Å². The number of rotatable bonds is 5. The molecule has 3 heterocycles. The molecule has 0 spiro atoms. The SMILES string of the molecule is COc1cc([C@H]2CC(=O)C3=C(C2)Nc2ncnn2[C@@H]3c2cccs2)cc(OC)c1OC. The van der Waals surface area contributed by atoms with Crippen molar-refractivity contribution in [2.75, 3.05) is 26.6 Å². The number of Topliss-reactive ketones (excluding diaryl/α,β-unsaturated/α-hetero) is 1. The number of methoxy groups -OCH3 is 3. The van der Waals surface area contributed by atoms with Crippen molar-refractivity contribution in [1.29, 1.82) is 0 Å². The Morgan fingerprint density at radius 1 is 1.13 bits per heavy atom. The van der Waals surface area contributed by atoms with Crippen LogP contribution in [0.4, 0.5) is 5.95 Å². The summed E-state index contributed by atoms with van der Waals surface area (Å²) in [5.41, 5.74) is 2.63. The maximum Gasteiger partial charge on any atom is 0.226 e. The minimum absolute atomic E-state index is 0.0223. The Hall–Kier alpha value is -3.33. The van der Waals surface area contributed by atoms with Gasteiger partial charge >= 0.3 is 0 Å². The number of fused-ring (bicyclic) bond motifs is 1. The number of carbonyl (C=O) groups excluding carboxylic acids is 1. The van der Waals surface area contributed by atoms with E-state index in [0.29, 0.717) is 36.0 Å². The van der Waals surface area contributed by atoms with E-state index in [0.717, 1.165) is 21.7 Å². The van der Waals surface area contributed by atoms with Crippen LogP contribution < -0.4 is 19.5 Å². The number of benzene rings is 1. The van der Waals surface area contributed by atoms with Crippen LogP contribution in [0.5, 0.6) is 17.2 Å². The molecule has 1 aromatic carbocycles. The monoisotopic (exact) mass is 438 g/mol. The van der Waals surface area contributed by atoms with E-state index < -0.39 is 0 Å². The van der Waals surface area contributed by atoms with Gasteiger partial charge in [0.15, 0.2) is 17.3 Å². The van der Waals surface area contributed by atoms with Crippen LogP contribution in [-0.2, 0) is 4.79 Å². The summed E-state index contributed by atoms with van der Waals surface area (Å²) >= 11 is 1.62. The van der Waals surface area contributed by atoms with Crippen molar-refractivity contribution in [2.24, 2.45) is 0 Å². The van der Waals surface area contributed by atoms with Crippen molar-refractivity contribution >= 4 is 23.1 Å². The molecule has 1 aliphatic carbocycles. The van der Waals surface area contributed by atoms with E-state index in [-0.39, 0.29) is 17.7 Å². The molecule has 0 fully saturated rings. The van der Waals surface area contributed by atoms with Crippen LogP contribution >= 0.6 is 11.3 Å². The molecule has 160 valence electrons. The number of aromatic nitrogens is 3. The van der Waals surface area contributed by atoms with E-state index >= 15 is 0 Å². The third kappa shape index (κ3) is 3.16. The number of hydrogen-bond acceptors (Lipinski definition) is 8.